The lowest BCUT2D eigenvalue weighted by Gasteiger charge is -2.34. The normalized spacial score (nSPS) is 36.0. The van der Waals surface area contributed by atoms with Crippen LogP contribution >= 0.6 is 0 Å². The highest BCUT2D eigenvalue weighted by atomic mass is 16.3. The highest BCUT2D eigenvalue weighted by Gasteiger charge is 2.38. The van der Waals surface area contributed by atoms with E-state index in [4.69, 9.17) is 0 Å². The fraction of sp³-hybridized carbons (Fsp3) is 1.00. The van der Waals surface area contributed by atoms with Gasteiger partial charge in [-0.3, -0.25) is 0 Å². The Bertz CT molecular complexity index is 196. The van der Waals surface area contributed by atoms with E-state index in [0.29, 0.717) is 0 Å². The predicted octanol–water partition coefficient (Wildman–Crippen LogP) is 1.04. The molecule has 0 aromatic rings. The van der Waals surface area contributed by atoms with E-state index in [2.05, 4.69) is 5.32 Å². The van der Waals surface area contributed by atoms with Crippen molar-refractivity contribution >= 4 is 0 Å². The zero-order valence-corrected chi connectivity index (χ0v) is 9.67. The van der Waals surface area contributed by atoms with E-state index >= 15 is 0 Å². The van der Waals surface area contributed by atoms with Gasteiger partial charge in [-0.2, -0.15) is 0 Å². The van der Waals surface area contributed by atoms with E-state index in [0.717, 1.165) is 19.3 Å². The van der Waals surface area contributed by atoms with Gasteiger partial charge in [-0.05, 0) is 47.0 Å². The van der Waals surface area contributed by atoms with Crippen LogP contribution in [0.4, 0.5) is 0 Å². The first-order valence-corrected chi connectivity index (χ1v) is 5.44. The van der Waals surface area contributed by atoms with Crippen molar-refractivity contribution in [2.75, 3.05) is 0 Å². The number of rotatable bonds is 3. The summed E-state index contributed by atoms with van der Waals surface area (Å²) < 4.78 is 0. The molecule has 1 aliphatic rings. The lowest BCUT2D eigenvalue weighted by molar-refractivity contribution is 0.00295. The number of aliphatic hydroxyl groups is 2. The standard InChI is InChI=1S/C11H23NO2/c1-8(10(2,3)13)12-9-6-5-7-11(9,4)14/h8-9,12-14H,5-7H2,1-4H3. The summed E-state index contributed by atoms with van der Waals surface area (Å²) in [5, 5.41) is 23.1. The fourth-order valence-electron chi connectivity index (χ4n) is 1.92. The Morgan fingerprint density at radius 3 is 2.43 bits per heavy atom. The minimum absolute atomic E-state index is 0.00271. The summed E-state index contributed by atoms with van der Waals surface area (Å²) in [6.45, 7) is 7.39. The van der Waals surface area contributed by atoms with Gasteiger partial charge >= 0.3 is 0 Å². The topological polar surface area (TPSA) is 52.5 Å². The van der Waals surface area contributed by atoms with Crippen LogP contribution < -0.4 is 5.32 Å². The Hall–Kier alpha value is -0.120. The van der Waals surface area contributed by atoms with E-state index in [1.54, 1.807) is 13.8 Å². The van der Waals surface area contributed by atoms with Crippen LogP contribution in [0.15, 0.2) is 0 Å². The summed E-state index contributed by atoms with van der Waals surface area (Å²) >= 11 is 0. The maximum atomic E-state index is 10.0. The molecule has 0 spiro atoms. The van der Waals surface area contributed by atoms with Crippen LogP contribution in [0, 0.1) is 0 Å². The van der Waals surface area contributed by atoms with Gasteiger partial charge in [-0.1, -0.05) is 0 Å². The first-order valence-electron chi connectivity index (χ1n) is 5.44. The molecule has 3 heteroatoms. The van der Waals surface area contributed by atoms with Crippen LogP contribution in [-0.4, -0.2) is 33.5 Å². The summed E-state index contributed by atoms with van der Waals surface area (Å²) in [6.07, 6.45) is 2.90. The molecule has 0 saturated heterocycles. The summed E-state index contributed by atoms with van der Waals surface area (Å²) in [4.78, 5) is 0. The van der Waals surface area contributed by atoms with Crippen molar-refractivity contribution in [3.8, 4) is 0 Å². The summed E-state index contributed by atoms with van der Waals surface area (Å²) in [6, 6.07) is 0.112. The van der Waals surface area contributed by atoms with Crippen LogP contribution in [0.2, 0.25) is 0 Å². The molecular formula is C11H23NO2. The third-order valence-electron chi connectivity index (χ3n) is 3.44. The number of nitrogens with one attached hydrogen (secondary N) is 1. The lowest BCUT2D eigenvalue weighted by atomic mass is 9.95. The van der Waals surface area contributed by atoms with Crippen LogP contribution in [0.5, 0.6) is 0 Å². The van der Waals surface area contributed by atoms with Gasteiger partial charge in [0.15, 0.2) is 0 Å². The van der Waals surface area contributed by atoms with Crippen LogP contribution in [-0.2, 0) is 0 Å². The van der Waals surface area contributed by atoms with Crippen molar-refractivity contribution in [2.24, 2.45) is 0 Å². The van der Waals surface area contributed by atoms with E-state index in [9.17, 15) is 10.2 Å². The van der Waals surface area contributed by atoms with Gasteiger partial charge in [-0.15, -0.1) is 0 Å². The second-order valence-electron chi connectivity index (χ2n) is 5.34. The van der Waals surface area contributed by atoms with Gasteiger partial charge in [0.25, 0.3) is 0 Å². The van der Waals surface area contributed by atoms with E-state index in [-0.39, 0.29) is 12.1 Å². The zero-order valence-electron chi connectivity index (χ0n) is 9.67. The maximum Gasteiger partial charge on any atom is 0.0772 e. The lowest BCUT2D eigenvalue weighted by Crippen LogP contribution is -2.54. The van der Waals surface area contributed by atoms with Crippen LogP contribution in [0.3, 0.4) is 0 Å². The van der Waals surface area contributed by atoms with Crippen molar-refractivity contribution in [1.82, 2.24) is 5.32 Å². The molecule has 0 aliphatic heterocycles. The largest absolute Gasteiger partial charge is 0.389 e. The molecular weight excluding hydrogens is 178 g/mol. The highest BCUT2D eigenvalue weighted by Crippen LogP contribution is 2.30. The van der Waals surface area contributed by atoms with Gasteiger partial charge in [0.05, 0.1) is 11.2 Å². The summed E-state index contributed by atoms with van der Waals surface area (Å²) in [5.74, 6) is 0. The molecule has 1 saturated carbocycles. The smallest absolute Gasteiger partial charge is 0.0772 e. The maximum absolute atomic E-state index is 10.0. The quantitative estimate of drug-likeness (QED) is 0.639. The van der Waals surface area contributed by atoms with Gasteiger partial charge < -0.3 is 15.5 Å². The van der Waals surface area contributed by atoms with E-state index < -0.39 is 11.2 Å². The third-order valence-corrected chi connectivity index (χ3v) is 3.44. The first-order chi connectivity index (χ1) is 6.23. The second kappa shape index (κ2) is 3.80. The van der Waals surface area contributed by atoms with Crippen molar-refractivity contribution in [1.29, 1.82) is 0 Å². The minimum atomic E-state index is -0.737. The molecule has 14 heavy (non-hydrogen) atoms. The van der Waals surface area contributed by atoms with E-state index in [1.165, 1.54) is 0 Å². The van der Waals surface area contributed by atoms with Crippen molar-refractivity contribution < 1.29 is 10.2 Å². The summed E-state index contributed by atoms with van der Waals surface area (Å²) in [5.41, 5.74) is -1.35. The average Bonchev–Trinajstić information content (AvgIpc) is 2.29. The summed E-state index contributed by atoms with van der Waals surface area (Å²) in [7, 11) is 0. The van der Waals surface area contributed by atoms with Crippen LogP contribution in [0.25, 0.3) is 0 Å². The molecule has 0 amide bonds. The molecule has 0 bridgehead atoms. The average molecular weight is 201 g/mol. The van der Waals surface area contributed by atoms with Crippen molar-refractivity contribution in [3.63, 3.8) is 0 Å². The molecule has 1 fully saturated rings. The number of hydrogen-bond donors (Lipinski definition) is 3. The minimum Gasteiger partial charge on any atom is -0.389 e. The Morgan fingerprint density at radius 1 is 1.50 bits per heavy atom. The van der Waals surface area contributed by atoms with Crippen LogP contribution in [0.1, 0.15) is 47.0 Å². The molecule has 3 atom stereocenters. The SMILES string of the molecule is CC(NC1CCCC1(C)O)C(C)(C)O. The molecule has 84 valence electrons. The highest BCUT2D eigenvalue weighted by molar-refractivity contribution is 4.96. The Morgan fingerprint density at radius 2 is 2.07 bits per heavy atom. The van der Waals surface area contributed by atoms with Gasteiger partial charge in [-0.25, -0.2) is 0 Å². The second-order valence-corrected chi connectivity index (χ2v) is 5.34. The molecule has 0 aromatic carbocycles. The molecule has 0 radical (unpaired) electrons. The molecule has 3 N–H and O–H groups in total. The fourth-order valence-corrected chi connectivity index (χ4v) is 1.92. The predicted molar refractivity (Wildman–Crippen MR) is 57.2 cm³/mol. The first kappa shape index (κ1) is 12.0. The van der Waals surface area contributed by atoms with Gasteiger partial charge in [0.2, 0.25) is 0 Å². The Labute approximate surface area is 86.5 Å². The third kappa shape index (κ3) is 2.69. The van der Waals surface area contributed by atoms with Gasteiger partial charge in [0, 0.05) is 12.1 Å². The number of hydrogen-bond acceptors (Lipinski definition) is 3. The van der Waals surface area contributed by atoms with E-state index in [1.807, 2.05) is 13.8 Å². The van der Waals surface area contributed by atoms with Gasteiger partial charge in [0.1, 0.15) is 0 Å². The molecule has 3 nitrogen and oxygen atoms in total. The Balaban J connectivity index is 2.52. The molecule has 0 heterocycles. The Kier molecular flexibility index (Phi) is 3.24. The van der Waals surface area contributed by atoms with Crippen molar-refractivity contribution in [3.05, 3.63) is 0 Å². The molecule has 1 rings (SSSR count). The zero-order chi connectivity index (χ0) is 11.0. The molecule has 3 unspecified atom stereocenters. The van der Waals surface area contributed by atoms with Crippen molar-refractivity contribution in [2.45, 2.75) is 70.2 Å². The monoisotopic (exact) mass is 201 g/mol. The molecule has 1 aliphatic carbocycles. The molecule has 0 aromatic heterocycles.